The molecule has 8 nitrogen and oxygen atoms in total. The molecule has 0 bridgehead atoms. The highest BCUT2D eigenvalue weighted by molar-refractivity contribution is 5.95. The molecule has 2 aromatic rings. The Morgan fingerprint density at radius 2 is 1.81 bits per heavy atom. The van der Waals surface area contributed by atoms with Crippen LogP contribution in [0.1, 0.15) is 32.8 Å². The number of nitrogens with zero attached hydrogens (tertiary/aromatic N) is 3. The summed E-state index contributed by atoms with van der Waals surface area (Å²) in [6.45, 7) is 1.26. The Labute approximate surface area is 156 Å². The second-order valence-electron chi connectivity index (χ2n) is 5.97. The first-order valence-electron chi connectivity index (χ1n) is 8.55. The van der Waals surface area contributed by atoms with Gasteiger partial charge in [-0.25, -0.2) is 19.6 Å². The van der Waals surface area contributed by atoms with Crippen molar-refractivity contribution in [3.8, 4) is 0 Å². The number of hydrazine groups is 1. The lowest BCUT2D eigenvalue weighted by Gasteiger charge is -2.27. The number of rotatable bonds is 4. The van der Waals surface area contributed by atoms with Crippen LogP contribution in [0.2, 0.25) is 0 Å². The van der Waals surface area contributed by atoms with Crippen LogP contribution in [0.25, 0.3) is 0 Å². The van der Waals surface area contributed by atoms with E-state index in [-0.39, 0.29) is 17.3 Å². The minimum atomic E-state index is -0.524. The van der Waals surface area contributed by atoms with Crippen molar-refractivity contribution in [1.82, 2.24) is 20.3 Å². The number of hydrogen-bond acceptors (Lipinski definition) is 5. The van der Waals surface area contributed by atoms with Gasteiger partial charge in [0.05, 0.1) is 12.7 Å². The number of nitrogens with one attached hydrogen (secondary N) is 1. The maximum Gasteiger partial charge on any atom is 0.339 e. The first kappa shape index (κ1) is 18.4. The number of esters is 1. The number of pyridine rings is 1. The molecule has 0 aliphatic carbocycles. The van der Waals surface area contributed by atoms with Crippen molar-refractivity contribution >= 4 is 17.9 Å². The minimum absolute atomic E-state index is 0.158. The van der Waals surface area contributed by atoms with Crippen LogP contribution < -0.4 is 5.32 Å². The zero-order valence-electron chi connectivity index (χ0n) is 14.9. The maximum absolute atomic E-state index is 12.7. The fourth-order valence-corrected chi connectivity index (χ4v) is 2.79. The molecule has 0 saturated carbocycles. The van der Waals surface area contributed by atoms with Gasteiger partial charge in [0.15, 0.2) is 0 Å². The van der Waals surface area contributed by atoms with Crippen molar-refractivity contribution in [1.29, 1.82) is 0 Å². The van der Waals surface area contributed by atoms with Gasteiger partial charge < -0.3 is 10.1 Å². The lowest BCUT2D eigenvalue weighted by Crippen LogP contribution is -2.49. The van der Waals surface area contributed by atoms with Crippen LogP contribution in [0.4, 0.5) is 4.79 Å². The van der Waals surface area contributed by atoms with E-state index in [1.165, 1.54) is 35.5 Å². The molecule has 1 aromatic carbocycles. The topological polar surface area (TPSA) is 91.8 Å². The molecule has 1 aromatic heterocycles. The van der Waals surface area contributed by atoms with Crippen LogP contribution in [-0.4, -0.2) is 53.1 Å². The molecule has 140 valence electrons. The van der Waals surface area contributed by atoms with Crippen LogP contribution in [-0.2, 0) is 11.3 Å². The Morgan fingerprint density at radius 1 is 1.07 bits per heavy atom. The summed E-state index contributed by atoms with van der Waals surface area (Å²) in [6.07, 6.45) is 1.97. The van der Waals surface area contributed by atoms with E-state index in [0.717, 1.165) is 5.56 Å². The van der Waals surface area contributed by atoms with E-state index in [1.807, 2.05) is 30.3 Å². The van der Waals surface area contributed by atoms with Gasteiger partial charge in [0.25, 0.3) is 5.91 Å². The molecule has 3 rings (SSSR count). The summed E-state index contributed by atoms with van der Waals surface area (Å²) in [7, 11) is 1.28. The normalized spacial score (nSPS) is 13.4. The third-order valence-electron chi connectivity index (χ3n) is 4.19. The fraction of sp³-hybridized carbons (Fsp3) is 0.263. The molecular formula is C19H20N4O4. The average molecular weight is 368 g/mol. The second-order valence-corrected chi connectivity index (χ2v) is 5.97. The molecule has 1 aliphatic heterocycles. The smallest absolute Gasteiger partial charge is 0.339 e. The van der Waals surface area contributed by atoms with Gasteiger partial charge in [0, 0.05) is 25.8 Å². The fourth-order valence-electron chi connectivity index (χ4n) is 2.79. The Kier molecular flexibility index (Phi) is 5.65. The molecule has 0 unspecified atom stereocenters. The largest absolute Gasteiger partial charge is 0.465 e. The maximum atomic E-state index is 12.7. The number of amides is 3. The molecule has 3 amide bonds. The second kappa shape index (κ2) is 8.31. The highest BCUT2D eigenvalue weighted by Crippen LogP contribution is 2.15. The molecule has 0 spiro atoms. The number of methoxy groups -OCH3 is 1. The van der Waals surface area contributed by atoms with E-state index in [9.17, 15) is 14.4 Å². The van der Waals surface area contributed by atoms with Crippen molar-refractivity contribution in [3.63, 3.8) is 0 Å². The SMILES string of the molecule is COC(=O)c1ccc(C(=O)N2CCCN2C(=O)NCc2ccccc2)nc1. The predicted molar refractivity (Wildman–Crippen MR) is 96.6 cm³/mol. The molecule has 1 saturated heterocycles. The summed E-state index contributed by atoms with van der Waals surface area (Å²) in [5.74, 6) is -0.914. The summed E-state index contributed by atoms with van der Waals surface area (Å²) in [5.41, 5.74) is 1.39. The monoisotopic (exact) mass is 368 g/mol. The molecular weight excluding hydrogens is 348 g/mol. The predicted octanol–water partition coefficient (Wildman–Crippen LogP) is 1.84. The molecule has 1 fully saturated rings. The molecule has 2 heterocycles. The van der Waals surface area contributed by atoms with Gasteiger partial charge in [0.1, 0.15) is 5.69 Å². The quantitative estimate of drug-likeness (QED) is 0.832. The Hall–Kier alpha value is -3.42. The standard InChI is InChI=1S/C19H20N4O4/c1-27-18(25)15-8-9-16(20-13-15)17(24)22-10-5-11-23(22)19(26)21-12-14-6-3-2-4-7-14/h2-4,6-9,13H,5,10-12H2,1H3,(H,21,26). The van der Waals surface area contributed by atoms with E-state index < -0.39 is 11.9 Å². The third kappa shape index (κ3) is 4.22. The van der Waals surface area contributed by atoms with Gasteiger partial charge in [-0.15, -0.1) is 0 Å². The Morgan fingerprint density at radius 3 is 2.48 bits per heavy atom. The van der Waals surface area contributed by atoms with Crippen LogP contribution in [0.15, 0.2) is 48.7 Å². The summed E-state index contributed by atoms with van der Waals surface area (Å²) >= 11 is 0. The number of benzene rings is 1. The average Bonchev–Trinajstić information content (AvgIpc) is 3.21. The molecule has 27 heavy (non-hydrogen) atoms. The van der Waals surface area contributed by atoms with Crippen molar-refractivity contribution in [3.05, 3.63) is 65.5 Å². The number of urea groups is 1. The van der Waals surface area contributed by atoms with Gasteiger partial charge >= 0.3 is 12.0 Å². The summed E-state index contributed by atoms with van der Waals surface area (Å²) in [4.78, 5) is 40.7. The van der Waals surface area contributed by atoms with Gasteiger partial charge in [-0.1, -0.05) is 30.3 Å². The van der Waals surface area contributed by atoms with Crippen LogP contribution >= 0.6 is 0 Å². The van der Waals surface area contributed by atoms with E-state index in [2.05, 4.69) is 15.0 Å². The third-order valence-corrected chi connectivity index (χ3v) is 4.19. The number of hydrogen-bond donors (Lipinski definition) is 1. The van der Waals surface area contributed by atoms with Gasteiger partial charge in [-0.2, -0.15) is 0 Å². The summed E-state index contributed by atoms with van der Waals surface area (Å²) in [5, 5.41) is 5.59. The van der Waals surface area contributed by atoms with Gasteiger partial charge in [0.2, 0.25) is 0 Å². The summed E-state index contributed by atoms with van der Waals surface area (Å²) in [6, 6.07) is 12.1. The van der Waals surface area contributed by atoms with E-state index in [1.54, 1.807) is 0 Å². The van der Waals surface area contributed by atoms with Crippen molar-refractivity contribution in [2.24, 2.45) is 0 Å². The van der Waals surface area contributed by atoms with Gasteiger partial charge in [-0.3, -0.25) is 9.78 Å². The van der Waals surface area contributed by atoms with Crippen molar-refractivity contribution < 1.29 is 19.1 Å². The number of carbonyl (C=O) groups is 3. The lowest BCUT2D eigenvalue weighted by atomic mass is 10.2. The molecule has 0 atom stereocenters. The zero-order chi connectivity index (χ0) is 19.2. The van der Waals surface area contributed by atoms with E-state index in [0.29, 0.717) is 26.1 Å². The van der Waals surface area contributed by atoms with E-state index in [4.69, 9.17) is 0 Å². The number of carbonyl (C=O) groups excluding carboxylic acids is 3. The molecule has 1 N–H and O–H groups in total. The first-order chi connectivity index (χ1) is 13.1. The first-order valence-corrected chi connectivity index (χ1v) is 8.55. The van der Waals surface area contributed by atoms with Crippen molar-refractivity contribution in [2.45, 2.75) is 13.0 Å². The van der Waals surface area contributed by atoms with Gasteiger partial charge in [-0.05, 0) is 24.1 Å². The number of ether oxygens (including phenoxy) is 1. The van der Waals surface area contributed by atoms with Crippen LogP contribution in [0.5, 0.6) is 0 Å². The minimum Gasteiger partial charge on any atom is -0.465 e. The Bertz CT molecular complexity index is 823. The molecule has 8 heteroatoms. The summed E-state index contributed by atoms with van der Waals surface area (Å²) < 4.78 is 4.61. The highest BCUT2D eigenvalue weighted by Gasteiger charge is 2.31. The van der Waals surface area contributed by atoms with E-state index >= 15 is 0 Å². The highest BCUT2D eigenvalue weighted by atomic mass is 16.5. The molecule has 1 aliphatic rings. The van der Waals surface area contributed by atoms with Crippen LogP contribution in [0, 0.1) is 0 Å². The van der Waals surface area contributed by atoms with Crippen molar-refractivity contribution in [2.75, 3.05) is 20.2 Å². The number of aromatic nitrogens is 1. The molecule has 0 radical (unpaired) electrons. The lowest BCUT2D eigenvalue weighted by molar-refractivity contribution is 0.0370. The zero-order valence-corrected chi connectivity index (χ0v) is 14.9. The van der Waals surface area contributed by atoms with Crippen LogP contribution in [0.3, 0.4) is 0 Å². The Balaban J connectivity index is 1.65.